The minimum Gasteiger partial charge on any atom is -0.261 e. The molecule has 0 saturated heterocycles. The average molecular weight is 198 g/mol. The Labute approximate surface area is 90.0 Å². The predicted molar refractivity (Wildman–Crippen MR) is 60.7 cm³/mol. The lowest BCUT2D eigenvalue weighted by Crippen LogP contribution is -1.92. The van der Waals surface area contributed by atoms with E-state index < -0.39 is 0 Å². The molecule has 2 heteroatoms. The van der Waals surface area contributed by atoms with Crippen LogP contribution in [0.25, 0.3) is 0 Å². The van der Waals surface area contributed by atoms with Crippen molar-refractivity contribution in [2.45, 2.75) is 19.8 Å². The van der Waals surface area contributed by atoms with Crippen molar-refractivity contribution in [1.29, 1.82) is 0 Å². The highest BCUT2D eigenvalue weighted by Gasteiger charge is 1.97. The van der Waals surface area contributed by atoms with Crippen molar-refractivity contribution < 1.29 is 0 Å². The number of rotatable bonds is 3. The lowest BCUT2D eigenvalue weighted by molar-refractivity contribution is 1.03. The summed E-state index contributed by atoms with van der Waals surface area (Å²) in [6.07, 6.45) is 7.19. The zero-order valence-electron chi connectivity index (χ0n) is 8.85. The molecule has 0 unspecified atom stereocenters. The average Bonchev–Trinajstić information content (AvgIpc) is 2.31. The van der Waals surface area contributed by atoms with Crippen LogP contribution in [0.5, 0.6) is 0 Å². The number of nitrogens with zero attached hydrogens (tertiary/aromatic N) is 2. The van der Waals surface area contributed by atoms with Gasteiger partial charge < -0.3 is 0 Å². The third-order valence-corrected chi connectivity index (χ3v) is 2.43. The van der Waals surface area contributed by atoms with E-state index in [1.807, 2.05) is 6.20 Å². The van der Waals surface area contributed by atoms with Gasteiger partial charge in [-0.15, -0.1) is 0 Å². The lowest BCUT2D eigenvalue weighted by Gasteiger charge is -2.01. The topological polar surface area (TPSA) is 25.8 Å². The van der Waals surface area contributed by atoms with Crippen molar-refractivity contribution in [3.8, 4) is 0 Å². The van der Waals surface area contributed by atoms with Gasteiger partial charge in [-0.3, -0.25) is 9.97 Å². The predicted octanol–water partition coefficient (Wildman–Crippen LogP) is 2.63. The van der Waals surface area contributed by atoms with Gasteiger partial charge in [0.25, 0.3) is 0 Å². The van der Waals surface area contributed by atoms with Crippen LogP contribution < -0.4 is 0 Å². The van der Waals surface area contributed by atoms with Crippen molar-refractivity contribution >= 4 is 0 Å². The summed E-state index contributed by atoms with van der Waals surface area (Å²) in [5, 5.41) is 0. The van der Waals surface area contributed by atoms with Crippen LogP contribution in [-0.4, -0.2) is 9.97 Å². The van der Waals surface area contributed by atoms with E-state index in [9.17, 15) is 0 Å². The van der Waals surface area contributed by atoms with Crippen LogP contribution >= 0.6 is 0 Å². The zero-order chi connectivity index (χ0) is 10.5. The van der Waals surface area contributed by atoms with Crippen molar-refractivity contribution in [2.75, 3.05) is 0 Å². The highest BCUT2D eigenvalue weighted by molar-refractivity contribution is 5.25. The van der Waals surface area contributed by atoms with Gasteiger partial charge in [0.2, 0.25) is 0 Å². The summed E-state index contributed by atoms with van der Waals surface area (Å²) in [5.74, 6) is 0. The fourth-order valence-electron chi connectivity index (χ4n) is 1.52. The molecule has 0 spiro atoms. The number of aryl methyl sites for hydroxylation is 1. The van der Waals surface area contributed by atoms with Gasteiger partial charge in [0.1, 0.15) is 0 Å². The second-order valence-corrected chi connectivity index (χ2v) is 3.54. The summed E-state index contributed by atoms with van der Waals surface area (Å²) in [7, 11) is 0. The van der Waals surface area contributed by atoms with E-state index >= 15 is 0 Å². The number of hydrogen-bond donors (Lipinski definition) is 0. The molecule has 0 fully saturated rings. The molecule has 0 aliphatic heterocycles. The highest BCUT2D eigenvalue weighted by atomic mass is 14.8. The molecule has 76 valence electrons. The Hall–Kier alpha value is -1.70. The van der Waals surface area contributed by atoms with Crippen LogP contribution in [0.4, 0.5) is 0 Å². The largest absolute Gasteiger partial charge is 0.261 e. The number of hydrogen-bond acceptors (Lipinski definition) is 2. The van der Waals surface area contributed by atoms with Crippen LogP contribution in [-0.2, 0) is 12.8 Å². The molecule has 0 saturated carbocycles. The normalized spacial score (nSPS) is 10.2. The maximum Gasteiger partial charge on any atom is 0.0630 e. The van der Waals surface area contributed by atoms with Gasteiger partial charge in [0, 0.05) is 25.0 Å². The molecule has 2 rings (SSSR count). The Morgan fingerprint density at radius 1 is 1.00 bits per heavy atom. The molecule has 0 N–H and O–H groups in total. The summed E-state index contributed by atoms with van der Waals surface area (Å²) in [6.45, 7) is 2.16. The SMILES string of the molecule is CCc1ccc(Cc2cnccn2)cc1. The summed E-state index contributed by atoms with van der Waals surface area (Å²) in [5.41, 5.74) is 3.67. The summed E-state index contributed by atoms with van der Waals surface area (Å²) in [4.78, 5) is 8.31. The quantitative estimate of drug-likeness (QED) is 0.757. The molecule has 0 amide bonds. The highest BCUT2D eigenvalue weighted by Crippen LogP contribution is 2.08. The first-order chi connectivity index (χ1) is 7.38. The molecule has 2 aromatic rings. The summed E-state index contributed by atoms with van der Waals surface area (Å²) < 4.78 is 0. The second kappa shape index (κ2) is 4.69. The maximum atomic E-state index is 4.25. The fraction of sp³-hybridized carbons (Fsp3) is 0.231. The van der Waals surface area contributed by atoms with Gasteiger partial charge in [-0.2, -0.15) is 0 Å². The summed E-state index contributed by atoms with van der Waals surface area (Å²) in [6, 6.07) is 8.67. The maximum absolute atomic E-state index is 4.25. The van der Waals surface area contributed by atoms with Gasteiger partial charge in [-0.1, -0.05) is 31.2 Å². The van der Waals surface area contributed by atoms with Gasteiger partial charge in [0.15, 0.2) is 0 Å². The first-order valence-electron chi connectivity index (χ1n) is 5.21. The molecular formula is C13H14N2. The van der Waals surface area contributed by atoms with Crippen LogP contribution in [0.1, 0.15) is 23.7 Å². The Bertz CT molecular complexity index is 406. The van der Waals surface area contributed by atoms with E-state index in [0.717, 1.165) is 18.5 Å². The van der Waals surface area contributed by atoms with Gasteiger partial charge in [0.05, 0.1) is 5.69 Å². The molecule has 0 bridgehead atoms. The molecule has 1 aromatic heterocycles. The molecular weight excluding hydrogens is 184 g/mol. The number of benzene rings is 1. The Balaban J connectivity index is 2.11. The minimum absolute atomic E-state index is 0.859. The molecule has 0 radical (unpaired) electrons. The third kappa shape index (κ3) is 2.62. The van der Waals surface area contributed by atoms with Crippen LogP contribution in [0.3, 0.4) is 0 Å². The van der Waals surface area contributed by atoms with Crippen LogP contribution in [0, 0.1) is 0 Å². The monoisotopic (exact) mass is 198 g/mol. The first-order valence-corrected chi connectivity index (χ1v) is 5.21. The Morgan fingerprint density at radius 2 is 1.73 bits per heavy atom. The van der Waals surface area contributed by atoms with E-state index in [0.29, 0.717) is 0 Å². The number of aromatic nitrogens is 2. The van der Waals surface area contributed by atoms with E-state index in [1.165, 1.54) is 11.1 Å². The molecule has 0 aliphatic carbocycles. The standard InChI is InChI=1S/C13H14N2/c1-2-11-3-5-12(6-4-11)9-13-10-14-7-8-15-13/h3-8,10H,2,9H2,1H3. The Morgan fingerprint density at radius 3 is 2.33 bits per heavy atom. The van der Waals surface area contributed by atoms with Crippen LogP contribution in [0.15, 0.2) is 42.9 Å². The van der Waals surface area contributed by atoms with Gasteiger partial charge in [-0.05, 0) is 17.5 Å². The Kier molecular flexibility index (Phi) is 3.08. The first kappa shape index (κ1) is 9.84. The van der Waals surface area contributed by atoms with Crippen molar-refractivity contribution in [3.63, 3.8) is 0 Å². The van der Waals surface area contributed by atoms with Crippen LogP contribution in [0.2, 0.25) is 0 Å². The summed E-state index contributed by atoms with van der Waals surface area (Å²) >= 11 is 0. The van der Waals surface area contributed by atoms with Gasteiger partial charge >= 0.3 is 0 Å². The molecule has 0 atom stereocenters. The third-order valence-electron chi connectivity index (χ3n) is 2.43. The lowest BCUT2D eigenvalue weighted by atomic mass is 10.1. The van der Waals surface area contributed by atoms with E-state index in [4.69, 9.17) is 0 Å². The molecule has 1 heterocycles. The van der Waals surface area contributed by atoms with E-state index in [2.05, 4.69) is 41.2 Å². The van der Waals surface area contributed by atoms with Crippen molar-refractivity contribution in [1.82, 2.24) is 9.97 Å². The minimum atomic E-state index is 0.859. The molecule has 1 aromatic carbocycles. The van der Waals surface area contributed by atoms with Crippen molar-refractivity contribution in [3.05, 3.63) is 59.7 Å². The molecule has 2 nitrogen and oxygen atoms in total. The molecule has 15 heavy (non-hydrogen) atoms. The smallest absolute Gasteiger partial charge is 0.0630 e. The fourth-order valence-corrected chi connectivity index (χ4v) is 1.52. The van der Waals surface area contributed by atoms with Crippen molar-refractivity contribution in [2.24, 2.45) is 0 Å². The molecule has 0 aliphatic rings. The van der Waals surface area contributed by atoms with E-state index in [-0.39, 0.29) is 0 Å². The van der Waals surface area contributed by atoms with E-state index in [1.54, 1.807) is 12.4 Å². The van der Waals surface area contributed by atoms with Gasteiger partial charge in [-0.25, -0.2) is 0 Å². The zero-order valence-corrected chi connectivity index (χ0v) is 8.85. The second-order valence-electron chi connectivity index (χ2n) is 3.54.